The Hall–Kier alpha value is -2.67. The highest BCUT2D eigenvalue weighted by molar-refractivity contribution is 6.33. The molecule has 0 saturated heterocycles. The fourth-order valence-corrected chi connectivity index (χ4v) is 2.52. The molecule has 0 spiro atoms. The number of rotatable bonds is 2. The molecule has 0 amide bonds. The molecule has 0 aliphatic carbocycles. The van der Waals surface area contributed by atoms with Crippen LogP contribution >= 0.6 is 11.6 Å². The zero-order chi connectivity index (χ0) is 17.5. The number of halogens is 4. The Bertz CT molecular complexity index is 906. The van der Waals surface area contributed by atoms with Gasteiger partial charge in [0, 0.05) is 16.7 Å². The predicted octanol–water partition coefficient (Wildman–Crippen LogP) is 5.09. The fourth-order valence-electron chi connectivity index (χ4n) is 2.29. The number of aromatic nitrogens is 1. The molecule has 1 heterocycles. The number of benzene rings is 2. The molecule has 3 rings (SSSR count). The van der Waals surface area contributed by atoms with Gasteiger partial charge in [0.1, 0.15) is 11.5 Å². The Morgan fingerprint density at radius 3 is 2.33 bits per heavy atom. The van der Waals surface area contributed by atoms with Crippen molar-refractivity contribution in [1.29, 1.82) is 0 Å². The number of phenolic OH excluding ortho intramolecular Hbond substituents is 2. The van der Waals surface area contributed by atoms with E-state index in [1.807, 2.05) is 0 Å². The van der Waals surface area contributed by atoms with Gasteiger partial charge in [-0.15, -0.1) is 0 Å². The van der Waals surface area contributed by atoms with Crippen molar-refractivity contribution < 1.29 is 27.9 Å². The minimum atomic E-state index is -4.78. The summed E-state index contributed by atoms with van der Waals surface area (Å²) in [5, 5.41) is 22.5. The van der Waals surface area contributed by atoms with E-state index in [1.54, 1.807) is 6.07 Å². The Labute approximate surface area is 138 Å². The van der Waals surface area contributed by atoms with Crippen LogP contribution in [-0.4, -0.2) is 15.4 Å². The van der Waals surface area contributed by atoms with E-state index in [0.29, 0.717) is 0 Å². The van der Waals surface area contributed by atoms with Gasteiger partial charge >= 0.3 is 6.18 Å². The molecule has 1 aromatic heterocycles. The molecule has 0 saturated carbocycles. The molecule has 8 heteroatoms. The van der Waals surface area contributed by atoms with Crippen LogP contribution in [-0.2, 0) is 6.18 Å². The molecule has 4 nitrogen and oxygen atoms in total. The SMILES string of the molecule is Oc1ccc(-c2onc(C(F)(F)F)c2-c2ccccc2Cl)c(O)c1. The summed E-state index contributed by atoms with van der Waals surface area (Å²) >= 11 is 6.02. The fraction of sp³-hybridized carbons (Fsp3) is 0.0625. The third kappa shape index (κ3) is 2.78. The Morgan fingerprint density at radius 1 is 1.00 bits per heavy atom. The summed E-state index contributed by atoms with van der Waals surface area (Å²) in [5.74, 6) is -0.993. The van der Waals surface area contributed by atoms with Crippen LogP contribution in [0.5, 0.6) is 11.5 Å². The Morgan fingerprint density at radius 2 is 1.71 bits per heavy atom. The summed E-state index contributed by atoms with van der Waals surface area (Å²) in [4.78, 5) is 0. The molecule has 124 valence electrons. The van der Waals surface area contributed by atoms with Crippen molar-refractivity contribution in [2.75, 3.05) is 0 Å². The van der Waals surface area contributed by atoms with Crippen molar-refractivity contribution >= 4 is 11.6 Å². The summed E-state index contributed by atoms with van der Waals surface area (Å²) in [6.45, 7) is 0. The van der Waals surface area contributed by atoms with Crippen molar-refractivity contribution in [3.8, 4) is 33.9 Å². The minimum absolute atomic E-state index is 0.0503. The van der Waals surface area contributed by atoms with Gasteiger partial charge in [-0.25, -0.2) is 0 Å². The molecule has 0 aliphatic heterocycles. The van der Waals surface area contributed by atoms with E-state index >= 15 is 0 Å². The molecule has 0 fully saturated rings. The van der Waals surface area contributed by atoms with Gasteiger partial charge in [0.2, 0.25) is 0 Å². The van der Waals surface area contributed by atoms with Crippen molar-refractivity contribution in [3.05, 3.63) is 53.2 Å². The third-order valence-electron chi connectivity index (χ3n) is 3.33. The van der Waals surface area contributed by atoms with Crippen molar-refractivity contribution in [2.24, 2.45) is 0 Å². The first-order valence-corrected chi connectivity index (χ1v) is 7.01. The van der Waals surface area contributed by atoms with Gasteiger partial charge in [-0.05, 0) is 18.2 Å². The van der Waals surface area contributed by atoms with Crippen molar-refractivity contribution in [2.45, 2.75) is 6.18 Å². The summed E-state index contributed by atoms with van der Waals surface area (Å²) in [5.41, 5.74) is -1.62. The molecule has 24 heavy (non-hydrogen) atoms. The molecular weight excluding hydrogens is 347 g/mol. The lowest BCUT2D eigenvalue weighted by Gasteiger charge is -2.09. The topological polar surface area (TPSA) is 66.5 Å². The first-order valence-electron chi connectivity index (χ1n) is 6.63. The molecule has 3 aromatic rings. The molecule has 0 radical (unpaired) electrons. The monoisotopic (exact) mass is 355 g/mol. The average Bonchev–Trinajstić information content (AvgIpc) is 2.92. The predicted molar refractivity (Wildman–Crippen MR) is 80.7 cm³/mol. The lowest BCUT2D eigenvalue weighted by Crippen LogP contribution is -2.07. The van der Waals surface area contributed by atoms with Crippen LogP contribution in [0.2, 0.25) is 5.02 Å². The number of phenols is 2. The molecule has 0 aliphatic rings. The number of hydrogen-bond donors (Lipinski definition) is 2. The Balaban J connectivity index is 2.33. The zero-order valence-electron chi connectivity index (χ0n) is 11.8. The highest BCUT2D eigenvalue weighted by atomic mass is 35.5. The third-order valence-corrected chi connectivity index (χ3v) is 3.66. The van der Waals surface area contributed by atoms with E-state index in [4.69, 9.17) is 16.1 Å². The first kappa shape index (κ1) is 16.2. The van der Waals surface area contributed by atoms with E-state index < -0.39 is 17.6 Å². The second-order valence-electron chi connectivity index (χ2n) is 4.91. The van der Waals surface area contributed by atoms with Gasteiger partial charge in [-0.3, -0.25) is 0 Å². The standard InChI is InChI=1S/C16H9ClF3NO3/c17-11-4-2-1-3-9(11)13-14(24-21-15(13)16(18,19)20)10-6-5-8(22)7-12(10)23/h1-7,22-23H. The second kappa shape index (κ2) is 5.76. The maximum atomic E-state index is 13.3. The molecule has 0 atom stereocenters. The van der Waals surface area contributed by atoms with Crippen LogP contribution < -0.4 is 0 Å². The number of alkyl halides is 3. The van der Waals surface area contributed by atoms with E-state index in [-0.39, 0.29) is 33.2 Å². The molecule has 0 unspecified atom stereocenters. The molecule has 2 N–H and O–H groups in total. The van der Waals surface area contributed by atoms with Crippen LogP contribution in [0.15, 0.2) is 47.0 Å². The maximum absolute atomic E-state index is 13.3. The molecular formula is C16H9ClF3NO3. The zero-order valence-corrected chi connectivity index (χ0v) is 12.6. The quantitative estimate of drug-likeness (QED) is 0.671. The maximum Gasteiger partial charge on any atom is 0.437 e. The van der Waals surface area contributed by atoms with E-state index in [9.17, 15) is 23.4 Å². The lowest BCUT2D eigenvalue weighted by atomic mass is 9.98. The number of nitrogens with zero attached hydrogens (tertiary/aromatic N) is 1. The summed E-state index contributed by atoms with van der Waals surface area (Å²) < 4.78 is 44.7. The summed E-state index contributed by atoms with van der Waals surface area (Å²) in [6.07, 6.45) is -4.78. The highest BCUT2D eigenvalue weighted by Gasteiger charge is 2.40. The number of hydrogen-bond acceptors (Lipinski definition) is 4. The van der Waals surface area contributed by atoms with Gasteiger partial charge in [-0.2, -0.15) is 13.2 Å². The summed E-state index contributed by atoms with van der Waals surface area (Å²) in [6, 6.07) is 9.35. The van der Waals surface area contributed by atoms with Gasteiger partial charge in [0.05, 0.1) is 11.1 Å². The van der Waals surface area contributed by atoms with Crippen LogP contribution in [0, 0.1) is 0 Å². The van der Waals surface area contributed by atoms with Crippen molar-refractivity contribution in [1.82, 2.24) is 5.16 Å². The summed E-state index contributed by atoms with van der Waals surface area (Å²) in [7, 11) is 0. The normalized spacial score (nSPS) is 11.7. The highest BCUT2D eigenvalue weighted by Crippen LogP contribution is 2.46. The van der Waals surface area contributed by atoms with Crippen LogP contribution in [0.3, 0.4) is 0 Å². The number of aromatic hydroxyl groups is 2. The Kier molecular flexibility index (Phi) is 3.88. The van der Waals surface area contributed by atoms with Gasteiger partial charge in [-0.1, -0.05) is 35.0 Å². The second-order valence-corrected chi connectivity index (χ2v) is 5.32. The van der Waals surface area contributed by atoms with E-state index in [2.05, 4.69) is 5.16 Å². The largest absolute Gasteiger partial charge is 0.508 e. The van der Waals surface area contributed by atoms with Gasteiger partial charge in [0.15, 0.2) is 11.5 Å². The van der Waals surface area contributed by atoms with Crippen LogP contribution in [0.25, 0.3) is 22.5 Å². The minimum Gasteiger partial charge on any atom is -0.508 e. The van der Waals surface area contributed by atoms with Gasteiger partial charge in [0.25, 0.3) is 0 Å². The van der Waals surface area contributed by atoms with Crippen LogP contribution in [0.1, 0.15) is 5.69 Å². The lowest BCUT2D eigenvalue weighted by molar-refractivity contribution is -0.142. The first-order chi connectivity index (χ1) is 11.3. The van der Waals surface area contributed by atoms with Crippen molar-refractivity contribution in [3.63, 3.8) is 0 Å². The van der Waals surface area contributed by atoms with E-state index in [1.165, 1.54) is 30.3 Å². The smallest absolute Gasteiger partial charge is 0.437 e. The van der Waals surface area contributed by atoms with E-state index in [0.717, 1.165) is 6.07 Å². The molecule has 0 bridgehead atoms. The molecule has 2 aromatic carbocycles. The van der Waals surface area contributed by atoms with Gasteiger partial charge < -0.3 is 14.7 Å². The van der Waals surface area contributed by atoms with Crippen LogP contribution in [0.4, 0.5) is 13.2 Å². The average molecular weight is 356 g/mol.